The molecule has 1 N–H and O–H groups in total. The first-order valence-corrected chi connectivity index (χ1v) is 7.37. The molecule has 0 radical (unpaired) electrons. The van der Waals surface area contributed by atoms with Crippen molar-refractivity contribution >= 4 is 5.82 Å². The maximum atomic E-state index is 5.20. The predicted octanol–water partition coefficient (Wildman–Crippen LogP) is 3.34. The van der Waals surface area contributed by atoms with E-state index in [2.05, 4.69) is 53.4 Å². The molecule has 0 amide bonds. The van der Waals surface area contributed by atoms with E-state index < -0.39 is 0 Å². The maximum Gasteiger partial charge on any atom is 0.135 e. The van der Waals surface area contributed by atoms with Crippen molar-refractivity contribution in [2.45, 2.75) is 33.3 Å². The highest BCUT2D eigenvalue weighted by Crippen LogP contribution is 2.14. The van der Waals surface area contributed by atoms with Crippen LogP contribution < -0.4 is 5.32 Å². The van der Waals surface area contributed by atoms with Gasteiger partial charge in [-0.2, -0.15) is 0 Å². The zero-order valence-corrected chi connectivity index (χ0v) is 13.0. The molecular formula is C17H23N3O. The molecule has 2 aromatic rings. The van der Waals surface area contributed by atoms with Gasteiger partial charge in [0.15, 0.2) is 0 Å². The van der Waals surface area contributed by atoms with Crippen molar-refractivity contribution in [2.75, 3.05) is 19.0 Å². The SMILES string of the molecule is CCCNc1cc(COC)nc(Cc2ccccc2C)n1. The molecule has 0 atom stereocenters. The summed E-state index contributed by atoms with van der Waals surface area (Å²) in [7, 11) is 1.68. The normalized spacial score (nSPS) is 10.6. The second-order valence-electron chi connectivity index (χ2n) is 5.12. The monoisotopic (exact) mass is 285 g/mol. The van der Waals surface area contributed by atoms with Gasteiger partial charge in [-0.25, -0.2) is 9.97 Å². The first-order valence-electron chi connectivity index (χ1n) is 7.37. The van der Waals surface area contributed by atoms with Crippen molar-refractivity contribution in [1.29, 1.82) is 0 Å². The second-order valence-corrected chi connectivity index (χ2v) is 5.12. The van der Waals surface area contributed by atoms with Crippen LogP contribution in [0.25, 0.3) is 0 Å². The van der Waals surface area contributed by atoms with E-state index in [1.54, 1.807) is 7.11 Å². The van der Waals surface area contributed by atoms with Crippen LogP contribution in [0.15, 0.2) is 30.3 Å². The molecule has 0 aliphatic rings. The average molecular weight is 285 g/mol. The molecule has 0 spiro atoms. The van der Waals surface area contributed by atoms with Gasteiger partial charge < -0.3 is 10.1 Å². The molecule has 1 heterocycles. The van der Waals surface area contributed by atoms with Gasteiger partial charge in [-0.3, -0.25) is 0 Å². The third-order valence-corrected chi connectivity index (χ3v) is 3.28. The Morgan fingerprint density at radius 3 is 2.71 bits per heavy atom. The van der Waals surface area contributed by atoms with Gasteiger partial charge in [0.25, 0.3) is 0 Å². The van der Waals surface area contributed by atoms with E-state index in [-0.39, 0.29) is 0 Å². The fourth-order valence-corrected chi connectivity index (χ4v) is 2.18. The number of rotatable bonds is 7. The molecule has 0 saturated carbocycles. The average Bonchev–Trinajstić information content (AvgIpc) is 2.48. The molecule has 4 nitrogen and oxygen atoms in total. The van der Waals surface area contributed by atoms with Gasteiger partial charge in [-0.1, -0.05) is 31.2 Å². The van der Waals surface area contributed by atoms with E-state index in [0.717, 1.165) is 36.7 Å². The third-order valence-electron chi connectivity index (χ3n) is 3.28. The van der Waals surface area contributed by atoms with Crippen LogP contribution in [0.1, 0.15) is 36.0 Å². The summed E-state index contributed by atoms with van der Waals surface area (Å²) in [5.74, 6) is 1.71. The molecule has 0 bridgehead atoms. The number of ether oxygens (including phenoxy) is 1. The molecule has 1 aromatic heterocycles. The van der Waals surface area contributed by atoms with Crippen molar-refractivity contribution in [1.82, 2.24) is 9.97 Å². The lowest BCUT2D eigenvalue weighted by atomic mass is 10.1. The quantitative estimate of drug-likeness (QED) is 0.847. The van der Waals surface area contributed by atoms with Crippen LogP contribution in [0.4, 0.5) is 5.82 Å². The minimum atomic E-state index is 0.504. The number of hydrogen-bond acceptors (Lipinski definition) is 4. The summed E-state index contributed by atoms with van der Waals surface area (Å²) in [5, 5.41) is 3.33. The van der Waals surface area contributed by atoms with Crippen LogP contribution in [0.2, 0.25) is 0 Å². The number of hydrogen-bond donors (Lipinski definition) is 1. The van der Waals surface area contributed by atoms with Gasteiger partial charge in [0.05, 0.1) is 12.3 Å². The number of aryl methyl sites for hydroxylation is 1. The predicted molar refractivity (Wildman–Crippen MR) is 85.5 cm³/mol. The van der Waals surface area contributed by atoms with Crippen LogP contribution in [-0.4, -0.2) is 23.6 Å². The van der Waals surface area contributed by atoms with Gasteiger partial charge in [0.2, 0.25) is 0 Å². The molecule has 4 heteroatoms. The molecule has 2 rings (SSSR count). The molecule has 1 aromatic carbocycles. The Balaban J connectivity index is 2.24. The Labute approximate surface area is 126 Å². The molecule has 112 valence electrons. The number of anilines is 1. The number of nitrogens with one attached hydrogen (secondary N) is 1. The lowest BCUT2D eigenvalue weighted by Crippen LogP contribution is -2.08. The minimum Gasteiger partial charge on any atom is -0.378 e. The fraction of sp³-hybridized carbons (Fsp3) is 0.412. The summed E-state index contributed by atoms with van der Waals surface area (Å²) in [6.07, 6.45) is 1.81. The van der Waals surface area contributed by atoms with Crippen molar-refractivity contribution in [3.8, 4) is 0 Å². The van der Waals surface area contributed by atoms with E-state index in [1.807, 2.05) is 6.07 Å². The number of methoxy groups -OCH3 is 1. The summed E-state index contributed by atoms with van der Waals surface area (Å²) in [6.45, 7) is 5.67. The highest BCUT2D eigenvalue weighted by molar-refractivity contribution is 5.37. The Morgan fingerprint density at radius 1 is 1.19 bits per heavy atom. The fourth-order valence-electron chi connectivity index (χ4n) is 2.18. The van der Waals surface area contributed by atoms with E-state index in [4.69, 9.17) is 4.74 Å². The van der Waals surface area contributed by atoms with Crippen LogP contribution >= 0.6 is 0 Å². The van der Waals surface area contributed by atoms with E-state index >= 15 is 0 Å². The van der Waals surface area contributed by atoms with Crippen molar-refractivity contribution in [3.63, 3.8) is 0 Å². The third kappa shape index (κ3) is 4.53. The summed E-state index contributed by atoms with van der Waals surface area (Å²) in [4.78, 5) is 9.20. The summed E-state index contributed by atoms with van der Waals surface area (Å²) in [6, 6.07) is 10.3. The van der Waals surface area contributed by atoms with Gasteiger partial charge in [0.1, 0.15) is 11.6 Å². The molecule has 21 heavy (non-hydrogen) atoms. The topological polar surface area (TPSA) is 47.0 Å². The minimum absolute atomic E-state index is 0.504. The zero-order chi connectivity index (χ0) is 15.1. The molecule has 0 unspecified atom stereocenters. The molecule has 0 aliphatic carbocycles. The standard InChI is InChI=1S/C17H23N3O/c1-4-9-18-16-11-15(12-21-3)19-17(20-16)10-14-8-6-5-7-13(14)2/h5-8,11H,4,9-10,12H2,1-3H3,(H,18,19,20). The van der Waals surface area contributed by atoms with Crippen molar-refractivity contribution < 1.29 is 4.74 Å². The van der Waals surface area contributed by atoms with E-state index in [0.29, 0.717) is 6.61 Å². The van der Waals surface area contributed by atoms with Crippen LogP contribution in [-0.2, 0) is 17.8 Å². The van der Waals surface area contributed by atoms with E-state index in [1.165, 1.54) is 11.1 Å². The van der Waals surface area contributed by atoms with Gasteiger partial charge in [-0.15, -0.1) is 0 Å². The Morgan fingerprint density at radius 2 is 2.00 bits per heavy atom. The largest absolute Gasteiger partial charge is 0.378 e. The summed E-state index contributed by atoms with van der Waals surface area (Å²) in [5.41, 5.74) is 3.43. The van der Waals surface area contributed by atoms with Crippen molar-refractivity contribution in [3.05, 3.63) is 53.0 Å². The molecule has 0 fully saturated rings. The van der Waals surface area contributed by atoms with Crippen molar-refractivity contribution in [2.24, 2.45) is 0 Å². The van der Waals surface area contributed by atoms with Gasteiger partial charge in [-0.05, 0) is 24.5 Å². The van der Waals surface area contributed by atoms with E-state index in [9.17, 15) is 0 Å². The maximum absolute atomic E-state index is 5.20. The Hall–Kier alpha value is -1.94. The zero-order valence-electron chi connectivity index (χ0n) is 13.0. The number of benzene rings is 1. The highest BCUT2D eigenvalue weighted by Gasteiger charge is 2.07. The first kappa shape index (κ1) is 15.4. The second kappa shape index (κ2) is 7.74. The Kier molecular flexibility index (Phi) is 5.69. The van der Waals surface area contributed by atoms with Gasteiger partial charge >= 0.3 is 0 Å². The van der Waals surface area contributed by atoms with Gasteiger partial charge in [0, 0.05) is 26.1 Å². The smallest absolute Gasteiger partial charge is 0.135 e. The van der Waals surface area contributed by atoms with Crippen LogP contribution in [0, 0.1) is 6.92 Å². The summed E-state index contributed by atoms with van der Waals surface area (Å²) < 4.78 is 5.20. The first-order chi connectivity index (χ1) is 10.2. The summed E-state index contributed by atoms with van der Waals surface area (Å²) >= 11 is 0. The lowest BCUT2D eigenvalue weighted by molar-refractivity contribution is 0.181. The lowest BCUT2D eigenvalue weighted by Gasteiger charge is -2.10. The highest BCUT2D eigenvalue weighted by atomic mass is 16.5. The molecule has 0 saturated heterocycles. The molecule has 0 aliphatic heterocycles. The van der Waals surface area contributed by atoms with Crippen LogP contribution in [0.5, 0.6) is 0 Å². The number of aromatic nitrogens is 2. The Bertz CT molecular complexity index is 584. The number of nitrogens with zero attached hydrogens (tertiary/aromatic N) is 2. The van der Waals surface area contributed by atoms with Crippen LogP contribution in [0.3, 0.4) is 0 Å². The molecular weight excluding hydrogens is 262 g/mol.